The summed E-state index contributed by atoms with van der Waals surface area (Å²) < 4.78 is 4.46. The van der Waals surface area contributed by atoms with Gasteiger partial charge in [0.15, 0.2) is 0 Å². The molecular weight excluding hydrogens is 100 g/mol. The van der Waals surface area contributed by atoms with Gasteiger partial charge in [0.2, 0.25) is 5.62 Å². The molecule has 1 atom stereocenters. The van der Waals surface area contributed by atoms with Crippen LogP contribution in [0.4, 0.5) is 0 Å². The Balaban J connectivity index is 2.63. The maximum Gasteiger partial charge on any atom is 0.201 e. The van der Waals surface area contributed by atoms with Crippen LogP contribution in [-0.4, -0.2) is 17.3 Å². The van der Waals surface area contributed by atoms with Gasteiger partial charge in [-0.05, 0) is 6.92 Å². The van der Waals surface area contributed by atoms with E-state index in [-0.39, 0.29) is 0 Å². The lowest BCUT2D eigenvalue weighted by Gasteiger charge is -1.98. The van der Waals surface area contributed by atoms with E-state index >= 15 is 0 Å². The SMILES string of the molecule is CCOC(O)S. The summed E-state index contributed by atoms with van der Waals surface area (Å²) in [5.74, 6) is 0. The number of hydrogen-bond acceptors (Lipinski definition) is 3. The summed E-state index contributed by atoms with van der Waals surface area (Å²) in [5.41, 5.74) is -0.907. The van der Waals surface area contributed by atoms with E-state index in [9.17, 15) is 0 Å². The Morgan fingerprint density at radius 1 is 2.00 bits per heavy atom. The van der Waals surface area contributed by atoms with Crippen molar-refractivity contribution in [2.45, 2.75) is 12.5 Å². The Hall–Kier alpha value is 0.270. The molecule has 0 radical (unpaired) electrons. The van der Waals surface area contributed by atoms with Crippen molar-refractivity contribution in [3.05, 3.63) is 0 Å². The molecule has 6 heavy (non-hydrogen) atoms. The topological polar surface area (TPSA) is 29.5 Å². The Kier molecular flexibility index (Phi) is 3.62. The van der Waals surface area contributed by atoms with Gasteiger partial charge in [-0.1, -0.05) is 0 Å². The largest absolute Gasteiger partial charge is 0.360 e. The minimum absolute atomic E-state index is 0.505. The van der Waals surface area contributed by atoms with Crippen molar-refractivity contribution < 1.29 is 9.84 Å². The number of aliphatic hydroxyl groups is 1. The van der Waals surface area contributed by atoms with E-state index in [1.165, 1.54) is 0 Å². The lowest BCUT2D eigenvalue weighted by atomic mass is 10.9. The van der Waals surface area contributed by atoms with Crippen LogP contribution in [0.5, 0.6) is 0 Å². The molecule has 0 aliphatic carbocycles. The fourth-order valence-electron chi connectivity index (χ4n) is 0.149. The van der Waals surface area contributed by atoms with Crippen molar-refractivity contribution in [2.75, 3.05) is 6.61 Å². The first-order valence-corrected chi connectivity index (χ1v) is 2.26. The van der Waals surface area contributed by atoms with E-state index in [4.69, 9.17) is 5.11 Å². The fraction of sp³-hybridized carbons (Fsp3) is 1.00. The third kappa shape index (κ3) is 4.27. The molecular formula is C3H8O2S. The van der Waals surface area contributed by atoms with Crippen molar-refractivity contribution >= 4 is 12.6 Å². The van der Waals surface area contributed by atoms with Crippen molar-refractivity contribution in [1.29, 1.82) is 0 Å². The van der Waals surface area contributed by atoms with E-state index in [1.807, 2.05) is 0 Å². The van der Waals surface area contributed by atoms with Gasteiger partial charge < -0.3 is 9.84 Å². The summed E-state index contributed by atoms with van der Waals surface area (Å²) in [6.45, 7) is 2.30. The van der Waals surface area contributed by atoms with E-state index in [0.717, 1.165) is 0 Å². The van der Waals surface area contributed by atoms with E-state index in [0.29, 0.717) is 6.61 Å². The minimum atomic E-state index is -0.907. The summed E-state index contributed by atoms with van der Waals surface area (Å²) in [7, 11) is 0. The number of ether oxygens (including phenoxy) is 1. The van der Waals surface area contributed by atoms with Crippen LogP contribution in [0.15, 0.2) is 0 Å². The van der Waals surface area contributed by atoms with Gasteiger partial charge in [-0.2, -0.15) is 0 Å². The third-order valence-electron chi connectivity index (χ3n) is 0.316. The first-order valence-electron chi connectivity index (χ1n) is 1.75. The number of thiol groups is 1. The lowest BCUT2D eigenvalue weighted by molar-refractivity contribution is -0.0245. The Bertz CT molecular complexity index is 30.0. The van der Waals surface area contributed by atoms with Gasteiger partial charge in [-0.25, -0.2) is 0 Å². The molecule has 38 valence electrons. The number of rotatable bonds is 2. The molecule has 0 saturated heterocycles. The zero-order valence-corrected chi connectivity index (χ0v) is 4.48. The van der Waals surface area contributed by atoms with E-state index < -0.39 is 5.62 Å². The zero-order valence-electron chi connectivity index (χ0n) is 3.59. The predicted octanol–water partition coefficient (Wildman–Crippen LogP) is 0.229. The molecule has 0 amide bonds. The zero-order chi connectivity index (χ0) is 4.99. The molecule has 0 aliphatic rings. The van der Waals surface area contributed by atoms with Crippen molar-refractivity contribution in [3.8, 4) is 0 Å². The van der Waals surface area contributed by atoms with E-state index in [1.54, 1.807) is 6.92 Å². The standard InChI is InChI=1S/C3H8O2S/c1-2-5-3(4)6/h3-4,6H,2H2,1H3. The van der Waals surface area contributed by atoms with Crippen LogP contribution in [0, 0.1) is 0 Å². The van der Waals surface area contributed by atoms with Gasteiger partial charge >= 0.3 is 0 Å². The second kappa shape index (κ2) is 3.46. The highest BCUT2D eigenvalue weighted by Crippen LogP contribution is 1.87. The molecule has 0 heterocycles. The molecule has 1 N–H and O–H groups in total. The summed E-state index contributed by atoms with van der Waals surface area (Å²) in [4.78, 5) is 0. The first-order chi connectivity index (χ1) is 2.77. The van der Waals surface area contributed by atoms with Crippen molar-refractivity contribution in [1.82, 2.24) is 0 Å². The third-order valence-corrected chi connectivity index (χ3v) is 0.465. The average Bonchev–Trinajstić information content (AvgIpc) is 1.35. The Morgan fingerprint density at radius 2 is 2.50 bits per heavy atom. The van der Waals surface area contributed by atoms with Crippen LogP contribution in [0.25, 0.3) is 0 Å². The molecule has 0 saturated carbocycles. The quantitative estimate of drug-likeness (QED) is 0.391. The van der Waals surface area contributed by atoms with Gasteiger partial charge in [0.25, 0.3) is 0 Å². The van der Waals surface area contributed by atoms with Gasteiger partial charge in [0.05, 0.1) is 0 Å². The fourth-order valence-corrected chi connectivity index (χ4v) is 0.298. The van der Waals surface area contributed by atoms with Crippen LogP contribution < -0.4 is 0 Å². The molecule has 0 bridgehead atoms. The van der Waals surface area contributed by atoms with Crippen LogP contribution in [0.1, 0.15) is 6.92 Å². The molecule has 0 aromatic heterocycles. The van der Waals surface area contributed by atoms with Crippen LogP contribution in [0.2, 0.25) is 0 Å². The number of aliphatic hydroxyl groups excluding tert-OH is 1. The monoisotopic (exact) mass is 108 g/mol. The summed E-state index contributed by atoms with van der Waals surface area (Å²) >= 11 is 3.51. The minimum Gasteiger partial charge on any atom is -0.360 e. The number of hydrogen-bond donors (Lipinski definition) is 2. The molecule has 1 unspecified atom stereocenters. The molecule has 0 rings (SSSR count). The highest BCUT2D eigenvalue weighted by atomic mass is 32.1. The second-order valence-corrected chi connectivity index (χ2v) is 1.22. The first kappa shape index (κ1) is 6.27. The molecule has 0 spiro atoms. The van der Waals surface area contributed by atoms with Gasteiger partial charge in [0.1, 0.15) is 0 Å². The lowest BCUT2D eigenvalue weighted by Crippen LogP contribution is -2.00. The summed E-state index contributed by atoms with van der Waals surface area (Å²) in [5, 5.41) is 8.19. The molecule has 2 nitrogen and oxygen atoms in total. The van der Waals surface area contributed by atoms with Gasteiger partial charge in [-0.15, -0.1) is 12.6 Å². The molecule has 0 aromatic rings. The predicted molar refractivity (Wildman–Crippen MR) is 26.6 cm³/mol. The summed E-state index contributed by atoms with van der Waals surface area (Å²) in [6.07, 6.45) is 0. The Labute approximate surface area is 42.5 Å². The average molecular weight is 108 g/mol. The normalized spacial score (nSPS) is 14.5. The molecule has 0 aromatic carbocycles. The van der Waals surface area contributed by atoms with Crippen LogP contribution in [-0.2, 0) is 4.74 Å². The molecule has 3 heteroatoms. The smallest absolute Gasteiger partial charge is 0.201 e. The van der Waals surface area contributed by atoms with Crippen LogP contribution in [0.3, 0.4) is 0 Å². The molecule has 0 aliphatic heterocycles. The van der Waals surface area contributed by atoms with Gasteiger partial charge in [-0.3, -0.25) is 0 Å². The maximum atomic E-state index is 8.19. The van der Waals surface area contributed by atoms with Crippen LogP contribution >= 0.6 is 12.6 Å². The second-order valence-electron chi connectivity index (χ2n) is 0.782. The maximum absolute atomic E-state index is 8.19. The van der Waals surface area contributed by atoms with Crippen molar-refractivity contribution in [3.63, 3.8) is 0 Å². The van der Waals surface area contributed by atoms with Crippen molar-refractivity contribution in [2.24, 2.45) is 0 Å². The highest BCUT2D eigenvalue weighted by molar-refractivity contribution is 7.80. The molecule has 0 fully saturated rings. The van der Waals surface area contributed by atoms with E-state index in [2.05, 4.69) is 17.4 Å². The summed E-state index contributed by atoms with van der Waals surface area (Å²) in [6, 6.07) is 0. The Morgan fingerprint density at radius 3 is 2.50 bits per heavy atom. The highest BCUT2D eigenvalue weighted by Gasteiger charge is 1.86. The van der Waals surface area contributed by atoms with Gasteiger partial charge in [0, 0.05) is 6.61 Å².